The number of carboxylic acids is 1. The van der Waals surface area contributed by atoms with Crippen molar-refractivity contribution in [3.05, 3.63) is 0 Å². The van der Waals surface area contributed by atoms with E-state index in [4.69, 9.17) is 5.11 Å². The molecule has 0 saturated heterocycles. The molecular weight excluding hydrogens is 214 g/mol. The summed E-state index contributed by atoms with van der Waals surface area (Å²) in [6, 6.07) is -0.321. The largest absolute Gasteiger partial charge is 0.479 e. The summed E-state index contributed by atoms with van der Waals surface area (Å²) in [6.45, 7) is 1.18. The molecule has 0 saturated carbocycles. The van der Waals surface area contributed by atoms with Crippen molar-refractivity contribution in [1.82, 2.24) is 15.5 Å². The fourth-order valence-electron chi connectivity index (χ4n) is 0.967. The van der Waals surface area contributed by atoms with Crippen molar-refractivity contribution < 1.29 is 19.4 Å². The molecule has 16 heavy (non-hydrogen) atoms. The molecule has 0 fully saturated rings. The maximum Gasteiger partial charge on any atom is 0.334 e. The minimum atomic E-state index is -1.10. The number of aliphatic carboxylic acids is 1. The Morgan fingerprint density at radius 2 is 2.12 bits per heavy atom. The first kappa shape index (κ1) is 14.7. The third-order valence-corrected chi connectivity index (χ3v) is 2.04. The van der Waals surface area contributed by atoms with Gasteiger partial charge >= 0.3 is 12.0 Å². The van der Waals surface area contributed by atoms with Crippen LogP contribution in [0.5, 0.6) is 0 Å². The molecule has 0 spiro atoms. The van der Waals surface area contributed by atoms with Crippen molar-refractivity contribution >= 4 is 12.0 Å². The van der Waals surface area contributed by atoms with Crippen molar-refractivity contribution in [1.29, 1.82) is 0 Å². The van der Waals surface area contributed by atoms with Crippen LogP contribution in [0.25, 0.3) is 0 Å². The molecule has 0 aliphatic rings. The molecule has 0 aromatic rings. The maximum atomic E-state index is 11.4. The van der Waals surface area contributed by atoms with Gasteiger partial charge in [-0.1, -0.05) is 0 Å². The number of nitrogens with zero attached hydrogens (tertiary/aromatic N) is 1. The lowest BCUT2D eigenvalue weighted by Crippen LogP contribution is -2.45. The molecule has 0 aliphatic heterocycles. The van der Waals surface area contributed by atoms with Crippen LogP contribution in [-0.2, 0) is 9.53 Å². The van der Waals surface area contributed by atoms with Gasteiger partial charge < -0.3 is 25.4 Å². The first-order chi connectivity index (χ1) is 7.52. The highest BCUT2D eigenvalue weighted by Crippen LogP contribution is 1.89. The molecule has 94 valence electrons. The van der Waals surface area contributed by atoms with Gasteiger partial charge in [0.25, 0.3) is 0 Å². The van der Waals surface area contributed by atoms with Crippen LogP contribution in [0.3, 0.4) is 0 Å². The smallest absolute Gasteiger partial charge is 0.334 e. The summed E-state index contributed by atoms with van der Waals surface area (Å²) in [6.07, 6.45) is -1.01. The lowest BCUT2D eigenvalue weighted by molar-refractivity contribution is -0.148. The van der Waals surface area contributed by atoms with Gasteiger partial charge in [0.05, 0.1) is 6.54 Å². The minimum Gasteiger partial charge on any atom is -0.479 e. The minimum absolute atomic E-state index is 0.0471. The third-order valence-electron chi connectivity index (χ3n) is 2.04. The van der Waals surface area contributed by atoms with Gasteiger partial charge in [0.15, 0.2) is 6.10 Å². The lowest BCUT2D eigenvalue weighted by atomic mass is 10.3. The molecule has 1 unspecified atom stereocenters. The highest BCUT2D eigenvalue weighted by Gasteiger charge is 2.18. The first-order valence-corrected chi connectivity index (χ1v) is 4.92. The zero-order valence-electron chi connectivity index (χ0n) is 9.82. The number of amides is 2. The van der Waals surface area contributed by atoms with E-state index in [-0.39, 0.29) is 12.6 Å². The number of methoxy groups -OCH3 is 1. The third kappa shape index (κ3) is 5.52. The zero-order valence-corrected chi connectivity index (χ0v) is 9.82. The quantitative estimate of drug-likeness (QED) is 0.522. The molecule has 7 heteroatoms. The van der Waals surface area contributed by atoms with Gasteiger partial charge in [-0.2, -0.15) is 0 Å². The number of ether oxygens (including phenoxy) is 1. The van der Waals surface area contributed by atoms with Gasteiger partial charge in [-0.25, -0.2) is 9.59 Å². The highest BCUT2D eigenvalue weighted by molar-refractivity contribution is 5.76. The molecule has 0 heterocycles. The standard InChI is InChI=1S/C9H19N3O4/c1-10-4-5-12(2)9(15)11-6-7(16-3)8(13)14/h7,10H,4-6H2,1-3H3,(H,11,15)(H,13,14). The van der Waals surface area contributed by atoms with Crippen LogP contribution in [0.4, 0.5) is 4.79 Å². The number of rotatable bonds is 7. The van der Waals surface area contributed by atoms with Gasteiger partial charge in [0, 0.05) is 27.2 Å². The number of carboxylic acid groups (broad SMARTS) is 1. The van der Waals surface area contributed by atoms with E-state index >= 15 is 0 Å². The topological polar surface area (TPSA) is 90.9 Å². The first-order valence-electron chi connectivity index (χ1n) is 4.92. The number of nitrogens with one attached hydrogen (secondary N) is 2. The van der Waals surface area contributed by atoms with E-state index in [0.29, 0.717) is 13.1 Å². The Morgan fingerprint density at radius 3 is 2.56 bits per heavy atom. The van der Waals surface area contributed by atoms with Crippen LogP contribution in [0.1, 0.15) is 0 Å². The van der Waals surface area contributed by atoms with Crippen molar-refractivity contribution in [2.24, 2.45) is 0 Å². The van der Waals surface area contributed by atoms with Crippen LogP contribution in [0.15, 0.2) is 0 Å². The van der Waals surface area contributed by atoms with E-state index in [1.54, 1.807) is 14.1 Å². The Kier molecular flexibility index (Phi) is 7.23. The molecule has 0 bridgehead atoms. The number of urea groups is 1. The molecule has 3 N–H and O–H groups in total. The van der Waals surface area contributed by atoms with Crippen molar-refractivity contribution in [3.63, 3.8) is 0 Å². The summed E-state index contributed by atoms with van der Waals surface area (Å²) in [5.74, 6) is -1.10. The summed E-state index contributed by atoms with van der Waals surface area (Å²) in [5.41, 5.74) is 0. The van der Waals surface area contributed by atoms with Crippen LogP contribution >= 0.6 is 0 Å². The van der Waals surface area contributed by atoms with Gasteiger partial charge in [0.1, 0.15) is 0 Å². The highest BCUT2D eigenvalue weighted by atomic mass is 16.5. The molecule has 0 aromatic heterocycles. The lowest BCUT2D eigenvalue weighted by Gasteiger charge is -2.19. The van der Waals surface area contributed by atoms with Gasteiger partial charge in [-0.05, 0) is 7.05 Å². The normalized spacial score (nSPS) is 11.9. The fraction of sp³-hybridized carbons (Fsp3) is 0.778. The Balaban J connectivity index is 3.91. The summed E-state index contributed by atoms with van der Waals surface area (Å²) in [5, 5.41) is 14.1. The Bertz CT molecular complexity index is 235. The van der Waals surface area contributed by atoms with E-state index < -0.39 is 12.1 Å². The molecular formula is C9H19N3O4. The summed E-state index contributed by atoms with van der Waals surface area (Å²) in [7, 11) is 4.71. The predicted octanol–water partition coefficient (Wildman–Crippen LogP) is -1.05. The molecule has 0 aliphatic carbocycles. The second kappa shape index (κ2) is 7.89. The predicted molar refractivity (Wildman–Crippen MR) is 58.4 cm³/mol. The monoisotopic (exact) mass is 233 g/mol. The van der Waals surface area contributed by atoms with Gasteiger partial charge in [-0.15, -0.1) is 0 Å². The van der Waals surface area contributed by atoms with Crippen LogP contribution in [-0.4, -0.2) is 69.0 Å². The number of hydrogen-bond donors (Lipinski definition) is 3. The van der Waals surface area contributed by atoms with Crippen molar-refractivity contribution in [2.75, 3.05) is 40.8 Å². The van der Waals surface area contributed by atoms with E-state index in [2.05, 4.69) is 15.4 Å². The molecule has 7 nitrogen and oxygen atoms in total. The second-order valence-corrected chi connectivity index (χ2v) is 3.27. The number of carbonyl (C=O) groups excluding carboxylic acids is 1. The Hall–Kier alpha value is -1.34. The summed E-state index contributed by atoms with van der Waals surface area (Å²) >= 11 is 0. The van der Waals surface area contributed by atoms with Crippen LogP contribution in [0.2, 0.25) is 0 Å². The number of likely N-dealkylation sites (N-methyl/N-ethyl adjacent to an activating group) is 2. The molecule has 2 amide bonds. The zero-order chi connectivity index (χ0) is 12.6. The van der Waals surface area contributed by atoms with E-state index in [0.717, 1.165) is 0 Å². The SMILES string of the molecule is CNCCN(C)C(=O)NCC(OC)C(=O)O. The second-order valence-electron chi connectivity index (χ2n) is 3.27. The Morgan fingerprint density at radius 1 is 1.50 bits per heavy atom. The van der Waals surface area contributed by atoms with Crippen LogP contribution in [0, 0.1) is 0 Å². The number of hydrogen-bond acceptors (Lipinski definition) is 4. The van der Waals surface area contributed by atoms with Crippen molar-refractivity contribution in [2.45, 2.75) is 6.10 Å². The molecule has 0 rings (SSSR count). The fourth-order valence-corrected chi connectivity index (χ4v) is 0.967. The molecule has 0 aromatic carbocycles. The molecule has 0 radical (unpaired) electrons. The maximum absolute atomic E-state index is 11.4. The average Bonchev–Trinajstić information content (AvgIpc) is 2.25. The number of carbonyl (C=O) groups is 2. The van der Waals surface area contributed by atoms with E-state index in [1.807, 2.05) is 0 Å². The summed E-state index contributed by atoms with van der Waals surface area (Å²) < 4.78 is 4.68. The Labute approximate surface area is 94.7 Å². The van der Waals surface area contributed by atoms with Gasteiger partial charge in [-0.3, -0.25) is 0 Å². The average molecular weight is 233 g/mol. The van der Waals surface area contributed by atoms with Crippen molar-refractivity contribution in [3.8, 4) is 0 Å². The summed E-state index contributed by atoms with van der Waals surface area (Å²) in [4.78, 5) is 23.5. The van der Waals surface area contributed by atoms with Gasteiger partial charge in [0.2, 0.25) is 0 Å². The van der Waals surface area contributed by atoms with E-state index in [9.17, 15) is 9.59 Å². The van der Waals surface area contributed by atoms with Crippen LogP contribution < -0.4 is 10.6 Å². The molecule has 1 atom stereocenters. The van der Waals surface area contributed by atoms with E-state index in [1.165, 1.54) is 12.0 Å².